The summed E-state index contributed by atoms with van der Waals surface area (Å²) in [5, 5.41) is 5.39. The van der Waals surface area contributed by atoms with E-state index in [1.54, 1.807) is 35.7 Å². The van der Waals surface area contributed by atoms with Gasteiger partial charge in [0.2, 0.25) is 11.8 Å². The summed E-state index contributed by atoms with van der Waals surface area (Å²) in [6, 6.07) is 19.8. The molecule has 0 aliphatic carbocycles. The first-order valence-electron chi connectivity index (χ1n) is 9.40. The number of ether oxygens (including phenoxy) is 1. The molecule has 0 fully saturated rings. The van der Waals surface area contributed by atoms with Gasteiger partial charge in [-0.3, -0.25) is 9.59 Å². The van der Waals surface area contributed by atoms with E-state index in [-0.39, 0.29) is 5.91 Å². The van der Waals surface area contributed by atoms with Crippen LogP contribution in [0.15, 0.2) is 78.3 Å². The van der Waals surface area contributed by atoms with E-state index in [9.17, 15) is 9.59 Å². The number of hydrogen-bond acceptors (Lipinski definition) is 6. The maximum atomic E-state index is 12.5. The second-order valence-electron chi connectivity index (χ2n) is 6.62. The molecule has 0 bridgehead atoms. The van der Waals surface area contributed by atoms with E-state index in [2.05, 4.69) is 15.3 Å². The van der Waals surface area contributed by atoms with Crippen molar-refractivity contribution in [3.05, 3.63) is 100 Å². The topological polar surface area (TPSA) is 107 Å². The molecule has 154 valence electrons. The van der Waals surface area contributed by atoms with Crippen LogP contribution in [-0.4, -0.2) is 21.8 Å². The summed E-state index contributed by atoms with van der Waals surface area (Å²) < 4.78 is 5.63. The molecule has 2 amide bonds. The van der Waals surface area contributed by atoms with Gasteiger partial charge in [0.25, 0.3) is 5.91 Å². The Morgan fingerprint density at radius 3 is 2.61 bits per heavy atom. The van der Waals surface area contributed by atoms with Gasteiger partial charge in [-0.15, -0.1) is 11.3 Å². The van der Waals surface area contributed by atoms with Crippen LogP contribution in [0.2, 0.25) is 0 Å². The predicted molar refractivity (Wildman–Crippen MR) is 119 cm³/mol. The van der Waals surface area contributed by atoms with Crippen LogP contribution in [-0.2, 0) is 6.42 Å². The normalized spacial score (nSPS) is 10.5. The Balaban J connectivity index is 1.37. The molecule has 31 heavy (non-hydrogen) atoms. The molecule has 0 saturated heterocycles. The van der Waals surface area contributed by atoms with Gasteiger partial charge < -0.3 is 15.8 Å². The summed E-state index contributed by atoms with van der Waals surface area (Å²) in [5.41, 5.74) is 7.64. The lowest BCUT2D eigenvalue weighted by atomic mass is 10.2. The number of pyridine rings is 1. The first-order chi connectivity index (χ1) is 15.1. The van der Waals surface area contributed by atoms with Crippen LogP contribution in [0.1, 0.15) is 31.4 Å². The lowest BCUT2D eigenvalue weighted by Gasteiger charge is -2.07. The number of benzene rings is 2. The molecule has 0 atom stereocenters. The third-order valence-corrected chi connectivity index (χ3v) is 5.17. The largest absolute Gasteiger partial charge is 0.439 e. The summed E-state index contributed by atoms with van der Waals surface area (Å²) >= 11 is 1.45. The van der Waals surface area contributed by atoms with Crippen molar-refractivity contribution in [2.24, 2.45) is 5.73 Å². The third kappa shape index (κ3) is 5.31. The average molecular weight is 430 g/mol. The van der Waals surface area contributed by atoms with E-state index in [1.807, 2.05) is 30.3 Å². The lowest BCUT2D eigenvalue weighted by molar-refractivity contribution is 0.0997. The maximum Gasteiger partial charge on any atom is 0.275 e. The lowest BCUT2D eigenvalue weighted by Crippen LogP contribution is -2.12. The molecule has 0 spiro atoms. The van der Waals surface area contributed by atoms with Crippen molar-refractivity contribution in [3.8, 4) is 11.6 Å². The molecule has 4 rings (SSSR count). The molecule has 2 aromatic carbocycles. The number of nitrogens with two attached hydrogens (primary N) is 1. The van der Waals surface area contributed by atoms with E-state index in [1.165, 1.54) is 23.6 Å². The zero-order chi connectivity index (χ0) is 21.6. The first kappa shape index (κ1) is 20.2. The number of primary amides is 1. The molecule has 7 nitrogen and oxygen atoms in total. The van der Waals surface area contributed by atoms with Crippen molar-refractivity contribution in [1.29, 1.82) is 0 Å². The van der Waals surface area contributed by atoms with E-state index >= 15 is 0 Å². The van der Waals surface area contributed by atoms with Crippen LogP contribution in [0.3, 0.4) is 0 Å². The molecule has 4 aromatic rings. The van der Waals surface area contributed by atoms with Crippen molar-refractivity contribution in [3.63, 3.8) is 0 Å². The minimum atomic E-state index is -0.537. The summed E-state index contributed by atoms with van der Waals surface area (Å²) in [5.74, 6) is -0.0851. The van der Waals surface area contributed by atoms with Gasteiger partial charge in [0, 0.05) is 23.4 Å². The van der Waals surface area contributed by atoms with Crippen molar-refractivity contribution in [2.45, 2.75) is 6.42 Å². The molecule has 0 radical (unpaired) electrons. The van der Waals surface area contributed by atoms with Crippen LogP contribution in [0.4, 0.5) is 5.69 Å². The Labute approximate surface area is 182 Å². The highest BCUT2D eigenvalue weighted by Crippen LogP contribution is 2.22. The number of carbonyl (C=O) groups is 2. The van der Waals surface area contributed by atoms with Crippen LogP contribution < -0.4 is 15.8 Å². The highest BCUT2D eigenvalue weighted by Gasteiger charge is 2.12. The van der Waals surface area contributed by atoms with Gasteiger partial charge in [0.1, 0.15) is 11.4 Å². The quantitative estimate of drug-likeness (QED) is 0.455. The maximum absolute atomic E-state index is 12.5. The number of nitrogens with one attached hydrogen (secondary N) is 1. The molecule has 0 aliphatic heterocycles. The second kappa shape index (κ2) is 9.19. The summed E-state index contributed by atoms with van der Waals surface area (Å²) in [4.78, 5) is 32.4. The van der Waals surface area contributed by atoms with Crippen LogP contribution in [0.25, 0.3) is 0 Å². The van der Waals surface area contributed by atoms with Gasteiger partial charge in [-0.1, -0.05) is 36.4 Å². The zero-order valence-corrected chi connectivity index (χ0v) is 17.1. The molecule has 8 heteroatoms. The van der Waals surface area contributed by atoms with Gasteiger partial charge in [0.15, 0.2) is 0 Å². The van der Waals surface area contributed by atoms with Crippen LogP contribution in [0, 0.1) is 0 Å². The van der Waals surface area contributed by atoms with E-state index in [0.29, 0.717) is 35.0 Å². The molecule has 2 aromatic heterocycles. The fourth-order valence-corrected chi connectivity index (χ4v) is 3.62. The Kier molecular flexibility index (Phi) is 6.00. The highest BCUT2D eigenvalue weighted by atomic mass is 32.1. The molecular formula is C23H18N4O3S. The summed E-state index contributed by atoms with van der Waals surface area (Å²) in [6.45, 7) is 0. The smallest absolute Gasteiger partial charge is 0.275 e. The fourth-order valence-electron chi connectivity index (χ4n) is 2.81. The Morgan fingerprint density at radius 2 is 1.87 bits per heavy atom. The zero-order valence-electron chi connectivity index (χ0n) is 16.3. The van der Waals surface area contributed by atoms with Gasteiger partial charge >= 0.3 is 0 Å². The van der Waals surface area contributed by atoms with Crippen molar-refractivity contribution < 1.29 is 14.3 Å². The van der Waals surface area contributed by atoms with Gasteiger partial charge in [0.05, 0.1) is 16.9 Å². The Hall–Kier alpha value is -4.04. The number of thiazole rings is 1. The minimum absolute atomic E-state index is 0.305. The number of aromatic nitrogens is 2. The number of amides is 2. The number of anilines is 1. The number of carbonyl (C=O) groups excluding carboxylic acids is 2. The second-order valence-corrected chi connectivity index (χ2v) is 7.56. The predicted octanol–water partition coefficient (Wildman–Crippen LogP) is 4.27. The number of hydrogen-bond donors (Lipinski definition) is 2. The van der Waals surface area contributed by atoms with Gasteiger partial charge in [-0.2, -0.15) is 0 Å². The SMILES string of the molecule is NC(=O)c1cccc(Oc2ccc(NC(=O)c3csc(Cc4ccccc4)n3)cn2)c1. The molecule has 0 unspecified atom stereocenters. The van der Waals surface area contributed by atoms with Crippen molar-refractivity contribution >= 4 is 28.8 Å². The number of nitrogens with zero attached hydrogens (tertiary/aromatic N) is 2. The Bertz CT molecular complexity index is 1210. The van der Waals surface area contributed by atoms with E-state index in [0.717, 1.165) is 10.6 Å². The third-order valence-electron chi connectivity index (χ3n) is 4.32. The fraction of sp³-hybridized carbons (Fsp3) is 0.0435. The molecule has 3 N–H and O–H groups in total. The minimum Gasteiger partial charge on any atom is -0.439 e. The van der Waals surface area contributed by atoms with Gasteiger partial charge in [-0.05, 0) is 29.8 Å². The first-order valence-corrected chi connectivity index (χ1v) is 10.3. The highest BCUT2D eigenvalue weighted by molar-refractivity contribution is 7.09. The average Bonchev–Trinajstić information content (AvgIpc) is 3.25. The molecule has 0 saturated carbocycles. The van der Waals surface area contributed by atoms with E-state index in [4.69, 9.17) is 10.5 Å². The van der Waals surface area contributed by atoms with Crippen LogP contribution in [0.5, 0.6) is 11.6 Å². The number of rotatable bonds is 7. The van der Waals surface area contributed by atoms with Crippen LogP contribution >= 0.6 is 11.3 Å². The molecular weight excluding hydrogens is 412 g/mol. The van der Waals surface area contributed by atoms with Gasteiger partial charge in [-0.25, -0.2) is 9.97 Å². The molecule has 0 aliphatic rings. The summed E-state index contributed by atoms with van der Waals surface area (Å²) in [7, 11) is 0. The molecule has 2 heterocycles. The van der Waals surface area contributed by atoms with Crippen molar-refractivity contribution in [2.75, 3.05) is 5.32 Å². The summed E-state index contributed by atoms with van der Waals surface area (Å²) in [6.07, 6.45) is 2.17. The van der Waals surface area contributed by atoms with E-state index < -0.39 is 5.91 Å². The monoisotopic (exact) mass is 430 g/mol. The van der Waals surface area contributed by atoms with Crippen molar-refractivity contribution in [1.82, 2.24) is 9.97 Å². The standard InChI is InChI=1S/C23H18N4O3S/c24-22(28)16-7-4-8-18(12-16)30-20-10-9-17(13-25-20)26-23(29)19-14-31-21(27-19)11-15-5-2-1-3-6-15/h1-10,12-14H,11H2,(H2,24,28)(H,26,29). The Morgan fingerprint density at radius 1 is 1.03 bits per heavy atom.